The number of rotatable bonds is 8. The second kappa shape index (κ2) is 11.1. The zero-order chi connectivity index (χ0) is 23.3. The molecule has 0 spiro atoms. The van der Waals surface area contributed by atoms with Gasteiger partial charge in [0.1, 0.15) is 21.8 Å². The highest BCUT2D eigenvalue weighted by molar-refractivity contribution is 8.26. The largest absolute Gasteiger partial charge is 0.385 e. The number of thiocarbonyl (C=S) groups is 1. The van der Waals surface area contributed by atoms with Crippen LogP contribution in [0, 0.1) is 18.3 Å². The normalized spacial score (nSPS) is 18.0. The number of anilines is 1. The van der Waals surface area contributed by atoms with E-state index in [1.54, 1.807) is 29.6 Å². The number of morpholine rings is 1. The van der Waals surface area contributed by atoms with E-state index in [0.29, 0.717) is 72.8 Å². The van der Waals surface area contributed by atoms with Crippen molar-refractivity contribution in [3.8, 4) is 6.07 Å². The number of carbonyl (C=O) groups is 1. The number of hydrogen-bond acceptors (Lipinski definition) is 8. The van der Waals surface area contributed by atoms with Crippen LogP contribution in [0.3, 0.4) is 0 Å². The number of nitriles is 1. The van der Waals surface area contributed by atoms with Crippen molar-refractivity contribution in [2.45, 2.75) is 33.2 Å². The zero-order valence-electron chi connectivity index (χ0n) is 18.7. The molecule has 3 rings (SSSR count). The van der Waals surface area contributed by atoms with Crippen molar-refractivity contribution in [3.05, 3.63) is 31.9 Å². The van der Waals surface area contributed by atoms with Crippen molar-refractivity contribution in [2.75, 3.05) is 51.5 Å². The molecule has 2 aliphatic heterocycles. The van der Waals surface area contributed by atoms with Crippen LogP contribution in [0.2, 0.25) is 0 Å². The number of hydrogen-bond donors (Lipinski definition) is 0. The quantitative estimate of drug-likeness (QED) is 0.321. The van der Waals surface area contributed by atoms with Gasteiger partial charge in [0.05, 0.1) is 18.1 Å². The van der Waals surface area contributed by atoms with E-state index >= 15 is 0 Å². The predicted octanol–water partition coefficient (Wildman–Crippen LogP) is 2.51. The molecule has 2 fully saturated rings. The van der Waals surface area contributed by atoms with Gasteiger partial charge in [-0.1, -0.05) is 30.9 Å². The molecule has 0 radical (unpaired) electrons. The monoisotopic (exact) mass is 476 g/mol. The first-order valence-corrected chi connectivity index (χ1v) is 11.9. The Balaban J connectivity index is 2.13. The van der Waals surface area contributed by atoms with Crippen molar-refractivity contribution in [1.29, 1.82) is 5.26 Å². The van der Waals surface area contributed by atoms with Crippen LogP contribution in [0.4, 0.5) is 5.82 Å². The lowest BCUT2D eigenvalue weighted by molar-refractivity contribution is -0.122. The summed E-state index contributed by atoms with van der Waals surface area (Å²) in [6, 6.07) is 2.07. The SMILES string of the molecule is CCCn1c(N2CCOCC2)c(/C=C2/SC(=S)N(CCCOC)C2=O)c(C)c(C#N)c1=O. The van der Waals surface area contributed by atoms with Gasteiger partial charge in [-0.15, -0.1) is 0 Å². The molecule has 3 heterocycles. The Bertz CT molecular complexity index is 1020. The molecule has 1 aromatic heterocycles. The number of nitrogens with zero attached hydrogens (tertiary/aromatic N) is 4. The lowest BCUT2D eigenvalue weighted by Gasteiger charge is -2.33. The highest BCUT2D eigenvalue weighted by Gasteiger charge is 2.33. The summed E-state index contributed by atoms with van der Waals surface area (Å²) in [7, 11) is 1.62. The maximum atomic E-state index is 13.1. The summed E-state index contributed by atoms with van der Waals surface area (Å²) in [6.45, 7) is 7.66. The summed E-state index contributed by atoms with van der Waals surface area (Å²) >= 11 is 6.69. The lowest BCUT2D eigenvalue weighted by Crippen LogP contribution is -2.41. The Labute approximate surface area is 197 Å². The molecule has 0 atom stereocenters. The minimum absolute atomic E-state index is 0.109. The van der Waals surface area contributed by atoms with Crippen molar-refractivity contribution in [3.63, 3.8) is 0 Å². The Morgan fingerprint density at radius 1 is 1.28 bits per heavy atom. The third-order valence-electron chi connectivity index (χ3n) is 5.48. The number of methoxy groups -OCH3 is 1. The fourth-order valence-corrected chi connectivity index (χ4v) is 5.17. The molecule has 8 nitrogen and oxygen atoms in total. The summed E-state index contributed by atoms with van der Waals surface area (Å²) in [5, 5.41) is 9.70. The van der Waals surface area contributed by atoms with Gasteiger partial charge < -0.3 is 14.4 Å². The van der Waals surface area contributed by atoms with Crippen LogP contribution in [0.15, 0.2) is 9.70 Å². The standard InChI is InChI=1S/C22H28N4O4S2/c1-4-6-25-19(24-8-11-30-12-9-24)16(15(2)17(14-23)20(25)27)13-18-21(28)26(22(31)32-18)7-5-10-29-3/h13H,4-12H2,1-3H3/b18-13+. The molecular weight excluding hydrogens is 448 g/mol. The number of carbonyl (C=O) groups excluding carboxylic acids is 1. The first kappa shape index (κ1) is 24.5. The van der Waals surface area contributed by atoms with E-state index in [9.17, 15) is 14.9 Å². The van der Waals surface area contributed by atoms with E-state index in [0.717, 1.165) is 12.2 Å². The number of pyridine rings is 1. The second-order valence-electron chi connectivity index (χ2n) is 7.58. The van der Waals surface area contributed by atoms with Gasteiger partial charge in [0.25, 0.3) is 11.5 Å². The van der Waals surface area contributed by atoms with E-state index < -0.39 is 0 Å². The van der Waals surface area contributed by atoms with Gasteiger partial charge in [-0.05, 0) is 31.4 Å². The fourth-order valence-electron chi connectivity index (χ4n) is 3.88. The van der Waals surface area contributed by atoms with Gasteiger partial charge in [-0.2, -0.15) is 5.26 Å². The summed E-state index contributed by atoms with van der Waals surface area (Å²) in [5.74, 6) is 0.580. The van der Waals surface area contributed by atoms with Crippen molar-refractivity contribution in [1.82, 2.24) is 9.47 Å². The van der Waals surface area contributed by atoms with E-state index in [1.165, 1.54) is 11.8 Å². The van der Waals surface area contributed by atoms with E-state index in [2.05, 4.69) is 11.0 Å². The molecule has 172 valence electrons. The molecule has 1 aromatic rings. The Morgan fingerprint density at radius 3 is 2.62 bits per heavy atom. The summed E-state index contributed by atoms with van der Waals surface area (Å²) in [4.78, 5) is 30.4. The van der Waals surface area contributed by atoms with Gasteiger partial charge in [-0.3, -0.25) is 19.1 Å². The third-order valence-corrected chi connectivity index (χ3v) is 6.86. The van der Waals surface area contributed by atoms with Crippen molar-refractivity contribution in [2.24, 2.45) is 0 Å². The maximum Gasteiger partial charge on any atom is 0.270 e. The number of thioether (sulfide) groups is 1. The zero-order valence-corrected chi connectivity index (χ0v) is 20.3. The first-order valence-electron chi connectivity index (χ1n) is 10.7. The summed E-state index contributed by atoms with van der Waals surface area (Å²) in [5.41, 5.74) is 1.11. The van der Waals surface area contributed by atoms with Gasteiger partial charge in [0.2, 0.25) is 0 Å². The Kier molecular flexibility index (Phi) is 8.48. The van der Waals surface area contributed by atoms with E-state index in [4.69, 9.17) is 21.7 Å². The molecule has 10 heteroatoms. The molecule has 1 amide bonds. The number of amides is 1. The highest BCUT2D eigenvalue weighted by Crippen LogP contribution is 2.36. The summed E-state index contributed by atoms with van der Waals surface area (Å²) in [6.07, 6.45) is 3.22. The fraction of sp³-hybridized carbons (Fsp3) is 0.545. The first-order chi connectivity index (χ1) is 15.4. The van der Waals surface area contributed by atoms with Crippen LogP contribution in [0.25, 0.3) is 6.08 Å². The molecular formula is C22H28N4O4S2. The molecule has 0 bridgehead atoms. The molecule has 0 N–H and O–H groups in total. The minimum Gasteiger partial charge on any atom is -0.385 e. The minimum atomic E-state index is -0.294. The maximum absolute atomic E-state index is 13.1. The lowest BCUT2D eigenvalue weighted by atomic mass is 10.0. The van der Waals surface area contributed by atoms with Crippen LogP contribution in [-0.2, 0) is 20.8 Å². The predicted molar refractivity (Wildman–Crippen MR) is 130 cm³/mol. The highest BCUT2D eigenvalue weighted by atomic mass is 32.2. The topological polar surface area (TPSA) is 87.8 Å². The van der Waals surface area contributed by atoms with Gasteiger partial charge >= 0.3 is 0 Å². The molecule has 0 aliphatic carbocycles. The van der Waals surface area contributed by atoms with Crippen LogP contribution < -0.4 is 10.5 Å². The molecule has 32 heavy (non-hydrogen) atoms. The Hall–Kier alpha value is -2.19. The molecule has 2 aliphatic rings. The number of aromatic nitrogens is 1. The molecule has 0 unspecified atom stereocenters. The van der Waals surface area contributed by atoms with E-state index in [1.807, 2.05) is 6.92 Å². The van der Waals surface area contributed by atoms with Crippen molar-refractivity contribution < 1.29 is 14.3 Å². The van der Waals surface area contributed by atoms with Crippen LogP contribution >= 0.6 is 24.0 Å². The molecule has 0 aromatic carbocycles. The van der Waals surface area contributed by atoms with E-state index in [-0.39, 0.29) is 17.0 Å². The van der Waals surface area contributed by atoms with Crippen LogP contribution in [-0.4, -0.2) is 66.3 Å². The van der Waals surface area contributed by atoms with Crippen molar-refractivity contribution >= 4 is 46.1 Å². The Morgan fingerprint density at radius 2 is 2.00 bits per heavy atom. The van der Waals surface area contributed by atoms with Crippen LogP contribution in [0.5, 0.6) is 0 Å². The second-order valence-corrected chi connectivity index (χ2v) is 9.26. The number of ether oxygens (including phenoxy) is 2. The van der Waals surface area contributed by atoms with Gasteiger partial charge in [-0.25, -0.2) is 0 Å². The third kappa shape index (κ3) is 4.91. The summed E-state index contributed by atoms with van der Waals surface area (Å²) < 4.78 is 12.8. The molecule has 0 saturated carbocycles. The average molecular weight is 477 g/mol. The molecule has 2 saturated heterocycles. The van der Waals surface area contributed by atoms with Gasteiger partial charge in [0, 0.05) is 45.5 Å². The smallest absolute Gasteiger partial charge is 0.270 e. The average Bonchev–Trinajstić information content (AvgIpc) is 3.05. The van der Waals surface area contributed by atoms with Crippen LogP contribution in [0.1, 0.15) is 36.5 Å². The van der Waals surface area contributed by atoms with Gasteiger partial charge in [0.15, 0.2) is 0 Å².